The number of hydrogen-bond acceptors (Lipinski definition) is 3. The molecule has 0 amide bonds. The maximum atomic E-state index is 5.16. The van der Waals surface area contributed by atoms with Crippen molar-refractivity contribution in [3.8, 4) is 5.88 Å². The van der Waals surface area contributed by atoms with E-state index in [2.05, 4.69) is 65.6 Å². The minimum atomic E-state index is 0. The number of rotatable bonds is 7. The second kappa shape index (κ2) is 11.0. The molecule has 2 N–H and O–H groups in total. The molecule has 0 unspecified atom stereocenters. The Kier molecular flexibility index (Phi) is 9.40. The van der Waals surface area contributed by atoms with Gasteiger partial charge in [0.05, 0.1) is 19.3 Å². The van der Waals surface area contributed by atoms with E-state index in [1.807, 2.05) is 24.3 Å². The number of pyridine rings is 1. The van der Waals surface area contributed by atoms with Gasteiger partial charge in [0.2, 0.25) is 5.88 Å². The standard InChI is InChI=1S/C20H28N4O.HI/c1-5-21-19(22-14-17-12-9-13-18(24-17)25-4)23-15-20(2,3)16-10-7-6-8-11-16;/h6-13H,5,14-15H2,1-4H3,(H2,21,22,23);1H. The molecule has 0 atom stereocenters. The summed E-state index contributed by atoms with van der Waals surface area (Å²) >= 11 is 0. The quantitative estimate of drug-likeness (QED) is 0.369. The lowest BCUT2D eigenvalue weighted by molar-refractivity contribution is 0.396. The van der Waals surface area contributed by atoms with Crippen molar-refractivity contribution in [3.05, 3.63) is 59.8 Å². The van der Waals surface area contributed by atoms with Gasteiger partial charge < -0.3 is 15.4 Å². The molecule has 0 aliphatic heterocycles. The molecule has 1 aromatic carbocycles. The number of nitrogens with one attached hydrogen (secondary N) is 2. The first-order valence-electron chi connectivity index (χ1n) is 8.63. The second-order valence-corrected chi connectivity index (χ2v) is 6.47. The summed E-state index contributed by atoms with van der Waals surface area (Å²) in [5.74, 6) is 1.40. The van der Waals surface area contributed by atoms with Crippen molar-refractivity contribution in [2.75, 3.05) is 20.2 Å². The molecule has 0 aliphatic rings. The van der Waals surface area contributed by atoms with Crippen LogP contribution in [0.25, 0.3) is 0 Å². The van der Waals surface area contributed by atoms with Gasteiger partial charge in [0.1, 0.15) is 0 Å². The van der Waals surface area contributed by atoms with Crippen LogP contribution in [0.1, 0.15) is 32.0 Å². The molecule has 0 fully saturated rings. The average molecular weight is 468 g/mol. The van der Waals surface area contributed by atoms with Gasteiger partial charge in [-0.3, -0.25) is 0 Å². The minimum absolute atomic E-state index is 0. The molecule has 6 heteroatoms. The summed E-state index contributed by atoms with van der Waals surface area (Å²) in [6.45, 7) is 8.60. The summed E-state index contributed by atoms with van der Waals surface area (Å²) in [6.07, 6.45) is 0. The van der Waals surface area contributed by atoms with Gasteiger partial charge in [-0.1, -0.05) is 50.2 Å². The van der Waals surface area contributed by atoms with Crippen molar-refractivity contribution < 1.29 is 4.74 Å². The molecule has 1 heterocycles. The zero-order valence-corrected chi connectivity index (χ0v) is 18.3. The third-order valence-electron chi connectivity index (χ3n) is 3.99. The van der Waals surface area contributed by atoms with Gasteiger partial charge in [-0.2, -0.15) is 0 Å². The zero-order chi connectivity index (χ0) is 18.1. The topological polar surface area (TPSA) is 58.5 Å². The molecule has 2 aromatic rings. The van der Waals surface area contributed by atoms with Crippen LogP contribution in [-0.4, -0.2) is 31.1 Å². The summed E-state index contributed by atoms with van der Waals surface area (Å²) in [5.41, 5.74) is 2.18. The first-order valence-corrected chi connectivity index (χ1v) is 8.63. The fraction of sp³-hybridized carbons (Fsp3) is 0.400. The van der Waals surface area contributed by atoms with Crippen LogP contribution >= 0.6 is 24.0 Å². The lowest BCUT2D eigenvalue weighted by Gasteiger charge is -2.26. The van der Waals surface area contributed by atoms with E-state index in [1.165, 1.54) is 5.56 Å². The van der Waals surface area contributed by atoms with Crippen molar-refractivity contribution in [2.45, 2.75) is 32.7 Å². The predicted molar refractivity (Wildman–Crippen MR) is 118 cm³/mol. The first-order chi connectivity index (χ1) is 12.0. The number of methoxy groups -OCH3 is 1. The maximum absolute atomic E-state index is 5.16. The van der Waals surface area contributed by atoms with E-state index < -0.39 is 0 Å². The largest absolute Gasteiger partial charge is 0.481 e. The van der Waals surface area contributed by atoms with Crippen LogP contribution < -0.4 is 15.4 Å². The van der Waals surface area contributed by atoms with Gasteiger partial charge >= 0.3 is 0 Å². The fourth-order valence-corrected chi connectivity index (χ4v) is 2.46. The Morgan fingerprint density at radius 3 is 2.46 bits per heavy atom. The summed E-state index contributed by atoms with van der Waals surface area (Å²) in [6, 6.07) is 16.2. The third kappa shape index (κ3) is 6.82. The van der Waals surface area contributed by atoms with Gasteiger partial charge in [-0.05, 0) is 18.6 Å². The molecule has 0 saturated heterocycles. The molecule has 0 radical (unpaired) electrons. The van der Waals surface area contributed by atoms with E-state index in [4.69, 9.17) is 4.74 Å². The van der Waals surface area contributed by atoms with Crippen molar-refractivity contribution in [1.29, 1.82) is 0 Å². The Bertz CT molecular complexity index is 689. The van der Waals surface area contributed by atoms with Crippen molar-refractivity contribution in [1.82, 2.24) is 15.6 Å². The Morgan fingerprint density at radius 1 is 1.08 bits per heavy atom. The highest BCUT2D eigenvalue weighted by Crippen LogP contribution is 2.21. The van der Waals surface area contributed by atoms with Crippen LogP contribution in [0.2, 0.25) is 0 Å². The summed E-state index contributed by atoms with van der Waals surface area (Å²) < 4.78 is 5.16. The molecular weight excluding hydrogens is 439 g/mol. The molecule has 1 aromatic heterocycles. The molecular formula is C20H29IN4O. The molecule has 0 aliphatic carbocycles. The zero-order valence-electron chi connectivity index (χ0n) is 16.0. The summed E-state index contributed by atoms with van der Waals surface area (Å²) in [5, 5.41) is 6.72. The lowest BCUT2D eigenvalue weighted by atomic mass is 9.85. The highest BCUT2D eigenvalue weighted by atomic mass is 127. The number of hydrogen-bond donors (Lipinski definition) is 2. The Hall–Kier alpha value is -1.83. The van der Waals surface area contributed by atoms with E-state index in [1.54, 1.807) is 7.11 Å². The van der Waals surface area contributed by atoms with Gasteiger partial charge in [-0.15, -0.1) is 24.0 Å². The fourth-order valence-electron chi connectivity index (χ4n) is 2.46. The number of aromatic nitrogens is 1. The number of halogens is 1. The predicted octanol–water partition coefficient (Wildman–Crippen LogP) is 3.74. The number of nitrogens with zero attached hydrogens (tertiary/aromatic N) is 2. The molecule has 26 heavy (non-hydrogen) atoms. The number of aliphatic imine (C=N–C) groups is 1. The van der Waals surface area contributed by atoms with Gasteiger partial charge in [0.25, 0.3) is 0 Å². The third-order valence-corrected chi connectivity index (χ3v) is 3.99. The Morgan fingerprint density at radius 2 is 1.81 bits per heavy atom. The van der Waals surface area contributed by atoms with E-state index in [0.29, 0.717) is 12.4 Å². The SMILES string of the molecule is CCNC(=NCc1cccc(OC)n1)NCC(C)(C)c1ccccc1.I. The number of guanidine groups is 1. The summed E-state index contributed by atoms with van der Waals surface area (Å²) in [7, 11) is 1.62. The Balaban J connectivity index is 0.00000338. The van der Waals surface area contributed by atoms with E-state index in [-0.39, 0.29) is 29.4 Å². The van der Waals surface area contributed by atoms with Crippen LogP contribution in [0.3, 0.4) is 0 Å². The van der Waals surface area contributed by atoms with Crippen LogP contribution in [0.5, 0.6) is 5.88 Å². The van der Waals surface area contributed by atoms with Crippen LogP contribution in [0, 0.1) is 0 Å². The molecule has 2 rings (SSSR count). The van der Waals surface area contributed by atoms with E-state index in [9.17, 15) is 0 Å². The van der Waals surface area contributed by atoms with Crippen molar-refractivity contribution >= 4 is 29.9 Å². The number of ether oxygens (including phenoxy) is 1. The Labute approximate surface area is 173 Å². The van der Waals surface area contributed by atoms with Gasteiger partial charge in [0, 0.05) is 24.6 Å². The first kappa shape index (κ1) is 22.2. The van der Waals surface area contributed by atoms with Crippen LogP contribution in [-0.2, 0) is 12.0 Å². The van der Waals surface area contributed by atoms with E-state index >= 15 is 0 Å². The second-order valence-electron chi connectivity index (χ2n) is 6.47. The van der Waals surface area contributed by atoms with Gasteiger partial charge in [0.15, 0.2) is 5.96 Å². The molecule has 0 saturated carbocycles. The van der Waals surface area contributed by atoms with E-state index in [0.717, 1.165) is 24.7 Å². The molecule has 0 spiro atoms. The maximum Gasteiger partial charge on any atom is 0.213 e. The number of benzene rings is 1. The van der Waals surface area contributed by atoms with Crippen molar-refractivity contribution in [2.24, 2.45) is 4.99 Å². The highest BCUT2D eigenvalue weighted by Gasteiger charge is 2.20. The molecule has 5 nitrogen and oxygen atoms in total. The monoisotopic (exact) mass is 468 g/mol. The average Bonchev–Trinajstić information content (AvgIpc) is 2.65. The molecule has 142 valence electrons. The molecule has 0 bridgehead atoms. The smallest absolute Gasteiger partial charge is 0.213 e. The van der Waals surface area contributed by atoms with Crippen LogP contribution in [0.15, 0.2) is 53.5 Å². The summed E-state index contributed by atoms with van der Waals surface area (Å²) in [4.78, 5) is 9.03. The normalized spacial score (nSPS) is 11.5. The van der Waals surface area contributed by atoms with Crippen LogP contribution in [0.4, 0.5) is 0 Å². The van der Waals surface area contributed by atoms with Gasteiger partial charge in [-0.25, -0.2) is 9.98 Å². The van der Waals surface area contributed by atoms with Crippen molar-refractivity contribution in [3.63, 3.8) is 0 Å². The highest BCUT2D eigenvalue weighted by molar-refractivity contribution is 14.0. The lowest BCUT2D eigenvalue weighted by Crippen LogP contribution is -2.43. The minimum Gasteiger partial charge on any atom is -0.481 e.